The van der Waals surface area contributed by atoms with E-state index >= 15 is 0 Å². The zero-order chi connectivity index (χ0) is 9.54. The molecule has 1 aliphatic heterocycles. The largest absolute Gasteiger partial charge is 0.370 e. The molecular formula is C10H13N3S. The van der Waals surface area contributed by atoms with Crippen LogP contribution in [-0.2, 0) is 0 Å². The maximum Gasteiger partial charge on any atom is 0.192 e. The van der Waals surface area contributed by atoms with Crippen LogP contribution in [-0.4, -0.2) is 23.4 Å². The quantitative estimate of drug-likeness (QED) is 0.800. The van der Waals surface area contributed by atoms with Gasteiger partial charge >= 0.3 is 0 Å². The Balaban J connectivity index is 1.87. The Kier molecular flexibility index (Phi) is 1.77. The van der Waals surface area contributed by atoms with Crippen LogP contribution in [0.1, 0.15) is 24.4 Å². The molecule has 0 saturated heterocycles. The van der Waals surface area contributed by atoms with Crippen molar-refractivity contribution < 1.29 is 0 Å². The van der Waals surface area contributed by atoms with Gasteiger partial charge in [-0.15, -0.1) is 0 Å². The van der Waals surface area contributed by atoms with Gasteiger partial charge in [-0.1, -0.05) is 0 Å². The molecule has 1 saturated carbocycles. The molecule has 1 aliphatic carbocycles. The molecule has 3 rings (SSSR count). The van der Waals surface area contributed by atoms with Crippen molar-refractivity contribution in [1.82, 2.24) is 4.90 Å². The highest BCUT2D eigenvalue weighted by molar-refractivity contribution is 7.07. The summed E-state index contributed by atoms with van der Waals surface area (Å²) < 4.78 is 0. The van der Waals surface area contributed by atoms with Crippen LogP contribution >= 0.6 is 11.3 Å². The molecule has 14 heavy (non-hydrogen) atoms. The van der Waals surface area contributed by atoms with E-state index in [1.165, 1.54) is 18.4 Å². The summed E-state index contributed by atoms with van der Waals surface area (Å²) in [5, 5.41) is 4.32. The second kappa shape index (κ2) is 2.98. The summed E-state index contributed by atoms with van der Waals surface area (Å²) in [6.07, 6.45) is 2.55. The van der Waals surface area contributed by atoms with Gasteiger partial charge in [0, 0.05) is 6.04 Å². The maximum absolute atomic E-state index is 5.90. The van der Waals surface area contributed by atoms with Gasteiger partial charge in [-0.05, 0) is 35.2 Å². The van der Waals surface area contributed by atoms with E-state index in [9.17, 15) is 0 Å². The van der Waals surface area contributed by atoms with Gasteiger partial charge < -0.3 is 10.6 Å². The van der Waals surface area contributed by atoms with E-state index in [4.69, 9.17) is 5.73 Å². The second-order valence-corrected chi connectivity index (χ2v) is 4.69. The summed E-state index contributed by atoms with van der Waals surface area (Å²) in [7, 11) is 0. The minimum absolute atomic E-state index is 0.411. The molecule has 0 amide bonds. The summed E-state index contributed by atoms with van der Waals surface area (Å²) in [6, 6.07) is 3.25. The molecule has 0 spiro atoms. The van der Waals surface area contributed by atoms with Gasteiger partial charge in [0.1, 0.15) is 0 Å². The molecule has 1 unspecified atom stereocenters. The molecule has 1 aromatic rings. The smallest absolute Gasteiger partial charge is 0.192 e. The molecule has 2 heterocycles. The van der Waals surface area contributed by atoms with E-state index in [2.05, 4.69) is 26.7 Å². The molecular weight excluding hydrogens is 194 g/mol. The molecule has 1 atom stereocenters. The first-order valence-electron chi connectivity index (χ1n) is 4.96. The minimum Gasteiger partial charge on any atom is -0.370 e. The summed E-state index contributed by atoms with van der Waals surface area (Å²) in [5.74, 6) is 0.740. The highest BCUT2D eigenvalue weighted by atomic mass is 32.1. The van der Waals surface area contributed by atoms with Crippen LogP contribution in [0.15, 0.2) is 21.8 Å². The molecule has 2 N–H and O–H groups in total. The number of guanidine groups is 1. The van der Waals surface area contributed by atoms with Gasteiger partial charge in [-0.25, -0.2) is 0 Å². The van der Waals surface area contributed by atoms with Crippen molar-refractivity contribution in [3.63, 3.8) is 0 Å². The van der Waals surface area contributed by atoms with E-state index in [-0.39, 0.29) is 0 Å². The predicted octanol–water partition coefficient (Wildman–Crippen LogP) is 1.58. The van der Waals surface area contributed by atoms with Crippen molar-refractivity contribution in [3.05, 3.63) is 22.4 Å². The van der Waals surface area contributed by atoms with Crippen LogP contribution in [0, 0.1) is 0 Å². The summed E-state index contributed by atoms with van der Waals surface area (Å²) >= 11 is 1.74. The molecule has 4 heteroatoms. The number of aliphatic imine (C=N–C) groups is 1. The maximum atomic E-state index is 5.90. The lowest BCUT2D eigenvalue weighted by atomic mass is 10.1. The van der Waals surface area contributed by atoms with Crippen molar-refractivity contribution in [1.29, 1.82) is 0 Å². The Morgan fingerprint density at radius 1 is 1.50 bits per heavy atom. The Morgan fingerprint density at radius 2 is 2.36 bits per heavy atom. The molecule has 1 aromatic heterocycles. The van der Waals surface area contributed by atoms with Gasteiger partial charge in [0.05, 0.1) is 12.6 Å². The van der Waals surface area contributed by atoms with Crippen molar-refractivity contribution in [3.8, 4) is 0 Å². The molecule has 0 bridgehead atoms. The first-order chi connectivity index (χ1) is 6.86. The van der Waals surface area contributed by atoms with Crippen LogP contribution in [0.2, 0.25) is 0 Å². The Hall–Kier alpha value is -1.03. The monoisotopic (exact) mass is 207 g/mol. The van der Waals surface area contributed by atoms with E-state index in [0.717, 1.165) is 12.5 Å². The lowest BCUT2D eigenvalue weighted by molar-refractivity contribution is 0.338. The predicted molar refractivity (Wildman–Crippen MR) is 58.4 cm³/mol. The average molecular weight is 207 g/mol. The third-order valence-corrected chi connectivity index (χ3v) is 3.60. The van der Waals surface area contributed by atoms with Gasteiger partial charge in [0.15, 0.2) is 5.96 Å². The van der Waals surface area contributed by atoms with E-state index in [1.54, 1.807) is 11.3 Å². The minimum atomic E-state index is 0.411. The van der Waals surface area contributed by atoms with Crippen LogP contribution in [0.4, 0.5) is 0 Å². The highest BCUT2D eigenvalue weighted by Crippen LogP contribution is 2.37. The van der Waals surface area contributed by atoms with E-state index in [0.29, 0.717) is 12.1 Å². The zero-order valence-corrected chi connectivity index (χ0v) is 8.70. The Bertz CT molecular complexity index is 353. The van der Waals surface area contributed by atoms with Gasteiger partial charge in [0.25, 0.3) is 0 Å². The van der Waals surface area contributed by atoms with E-state index in [1.807, 2.05) is 0 Å². The number of hydrogen-bond acceptors (Lipinski definition) is 4. The van der Waals surface area contributed by atoms with Gasteiger partial charge in [-0.2, -0.15) is 11.3 Å². The fourth-order valence-electron chi connectivity index (χ4n) is 2.03. The number of hydrogen-bond donors (Lipinski definition) is 1. The van der Waals surface area contributed by atoms with Gasteiger partial charge in [0.2, 0.25) is 0 Å². The molecule has 2 aliphatic rings. The first-order valence-corrected chi connectivity index (χ1v) is 5.91. The molecule has 74 valence electrons. The fraction of sp³-hybridized carbons (Fsp3) is 0.500. The van der Waals surface area contributed by atoms with Crippen LogP contribution in [0.5, 0.6) is 0 Å². The number of nitrogens with zero attached hydrogens (tertiary/aromatic N) is 2. The first kappa shape index (κ1) is 8.29. The summed E-state index contributed by atoms with van der Waals surface area (Å²) in [6.45, 7) is 0.832. The Labute approximate surface area is 87.2 Å². The number of nitrogens with two attached hydrogens (primary N) is 1. The standard InChI is InChI=1S/C10H13N3S/c11-10-12-5-9(7-3-4-14-6-7)13(10)8-1-2-8/h3-4,6,8-9H,1-2,5H2,(H2,11,12). The van der Waals surface area contributed by atoms with Crippen molar-refractivity contribution >= 4 is 17.3 Å². The molecule has 0 radical (unpaired) electrons. The summed E-state index contributed by atoms with van der Waals surface area (Å²) in [4.78, 5) is 6.63. The molecule has 1 fully saturated rings. The lowest BCUT2D eigenvalue weighted by Crippen LogP contribution is -2.37. The van der Waals surface area contributed by atoms with Crippen molar-refractivity contribution in [2.24, 2.45) is 10.7 Å². The van der Waals surface area contributed by atoms with Crippen molar-refractivity contribution in [2.75, 3.05) is 6.54 Å². The number of rotatable bonds is 2. The fourth-order valence-corrected chi connectivity index (χ4v) is 2.74. The third kappa shape index (κ3) is 1.21. The van der Waals surface area contributed by atoms with Gasteiger partial charge in [-0.3, -0.25) is 4.99 Å². The van der Waals surface area contributed by atoms with Crippen LogP contribution in [0.25, 0.3) is 0 Å². The summed E-state index contributed by atoms with van der Waals surface area (Å²) in [5.41, 5.74) is 7.26. The topological polar surface area (TPSA) is 41.6 Å². The third-order valence-electron chi connectivity index (χ3n) is 2.89. The van der Waals surface area contributed by atoms with Crippen LogP contribution < -0.4 is 5.73 Å². The Morgan fingerprint density at radius 3 is 3.00 bits per heavy atom. The molecule has 0 aromatic carbocycles. The van der Waals surface area contributed by atoms with E-state index < -0.39 is 0 Å². The average Bonchev–Trinajstić information content (AvgIpc) is 2.75. The normalized spacial score (nSPS) is 26.7. The second-order valence-electron chi connectivity index (χ2n) is 3.91. The van der Waals surface area contributed by atoms with Crippen LogP contribution in [0.3, 0.4) is 0 Å². The number of thiophene rings is 1. The van der Waals surface area contributed by atoms with Crippen molar-refractivity contribution in [2.45, 2.75) is 24.9 Å². The SMILES string of the molecule is NC1=NCC(c2ccsc2)N1C1CC1. The highest BCUT2D eigenvalue weighted by Gasteiger charge is 2.38. The zero-order valence-electron chi connectivity index (χ0n) is 7.89. The lowest BCUT2D eigenvalue weighted by Gasteiger charge is -2.25. The molecule has 3 nitrogen and oxygen atoms in total.